The van der Waals surface area contributed by atoms with E-state index in [1.807, 2.05) is 33.1 Å². The Morgan fingerprint density at radius 2 is 1.80 bits per heavy atom. The lowest BCUT2D eigenvalue weighted by Gasteiger charge is -2.23. The third-order valence-electron chi connectivity index (χ3n) is 1.45. The summed E-state index contributed by atoms with van der Waals surface area (Å²) in [5.74, 6) is 0. The first kappa shape index (κ1) is 9.88. The lowest BCUT2D eigenvalue weighted by atomic mass is 10.6. The summed E-state index contributed by atoms with van der Waals surface area (Å²) in [5, 5.41) is 4.15. The summed E-state index contributed by atoms with van der Waals surface area (Å²) in [6.45, 7) is 4.59. The second kappa shape index (κ2) is 5.65. The molecule has 0 saturated carbocycles. The Labute approximate surface area is 63.5 Å². The van der Waals surface area contributed by atoms with Crippen molar-refractivity contribution in [3.05, 3.63) is 0 Å². The van der Waals surface area contributed by atoms with Gasteiger partial charge in [0.25, 0.3) is 0 Å². The smallest absolute Gasteiger partial charge is 0.0607 e. The molecule has 0 atom stereocenters. The number of likely N-dealkylation sites (N-methyl/N-ethyl adjacent to an activating group) is 1. The molecule has 10 heavy (non-hydrogen) atoms. The van der Waals surface area contributed by atoms with E-state index in [0.717, 1.165) is 19.8 Å². The molecule has 0 unspecified atom stereocenters. The van der Waals surface area contributed by atoms with Crippen LogP contribution < -0.4 is 0 Å². The van der Waals surface area contributed by atoms with E-state index in [-0.39, 0.29) is 0 Å². The van der Waals surface area contributed by atoms with Crippen molar-refractivity contribution in [2.75, 3.05) is 40.9 Å². The average molecular weight is 146 g/mol. The van der Waals surface area contributed by atoms with Gasteiger partial charge in [-0.15, -0.1) is 0 Å². The van der Waals surface area contributed by atoms with Gasteiger partial charge in [0.05, 0.1) is 6.61 Å². The van der Waals surface area contributed by atoms with E-state index in [1.54, 1.807) is 0 Å². The third-order valence-corrected chi connectivity index (χ3v) is 1.45. The highest BCUT2D eigenvalue weighted by Gasteiger charge is 1.97. The number of hydrogen-bond donors (Lipinski definition) is 0. The molecular weight excluding hydrogens is 128 g/mol. The normalized spacial score (nSPS) is 11.4. The van der Waals surface area contributed by atoms with Gasteiger partial charge in [-0.05, 0) is 6.92 Å². The maximum Gasteiger partial charge on any atom is 0.0607 e. The van der Waals surface area contributed by atoms with Gasteiger partial charge in [-0.3, -0.25) is 0 Å². The molecule has 0 aromatic heterocycles. The van der Waals surface area contributed by atoms with Crippen LogP contribution in [0.15, 0.2) is 0 Å². The maximum absolute atomic E-state index is 5.19. The maximum atomic E-state index is 5.19. The fourth-order valence-corrected chi connectivity index (χ4v) is 0.541. The molecule has 0 aromatic rings. The standard InChI is InChI=1S/C7H18N2O/c1-5-10-7-6-9(4)8(2)3/h5-7H2,1-4H3. The Hall–Kier alpha value is -0.120. The fraction of sp³-hybridized carbons (Fsp3) is 1.00. The number of ether oxygens (including phenoxy) is 1. The Bertz CT molecular complexity index is 76.0. The predicted molar refractivity (Wildman–Crippen MR) is 42.8 cm³/mol. The lowest BCUT2D eigenvalue weighted by Crippen LogP contribution is -2.35. The number of hydrazine groups is 1. The van der Waals surface area contributed by atoms with Crippen molar-refractivity contribution in [1.82, 2.24) is 10.0 Å². The topological polar surface area (TPSA) is 15.7 Å². The molecule has 0 aliphatic rings. The molecule has 0 bridgehead atoms. The van der Waals surface area contributed by atoms with E-state index in [4.69, 9.17) is 4.74 Å². The van der Waals surface area contributed by atoms with Gasteiger partial charge in [-0.1, -0.05) is 0 Å². The number of hydrogen-bond acceptors (Lipinski definition) is 3. The van der Waals surface area contributed by atoms with E-state index in [1.165, 1.54) is 0 Å². The summed E-state index contributed by atoms with van der Waals surface area (Å²) in [5.41, 5.74) is 0. The van der Waals surface area contributed by atoms with Gasteiger partial charge in [-0.2, -0.15) is 0 Å². The first-order chi connectivity index (χ1) is 4.68. The molecule has 0 fully saturated rings. The van der Waals surface area contributed by atoms with E-state index >= 15 is 0 Å². The molecule has 0 aliphatic carbocycles. The van der Waals surface area contributed by atoms with Crippen molar-refractivity contribution in [3.63, 3.8) is 0 Å². The molecule has 0 heterocycles. The monoisotopic (exact) mass is 146 g/mol. The van der Waals surface area contributed by atoms with Crippen molar-refractivity contribution in [1.29, 1.82) is 0 Å². The Balaban J connectivity index is 3.13. The molecule has 0 saturated heterocycles. The first-order valence-electron chi connectivity index (χ1n) is 3.64. The van der Waals surface area contributed by atoms with E-state index in [0.29, 0.717) is 0 Å². The highest BCUT2D eigenvalue weighted by molar-refractivity contribution is 4.40. The second-order valence-electron chi connectivity index (χ2n) is 2.43. The minimum atomic E-state index is 0.807. The summed E-state index contributed by atoms with van der Waals surface area (Å²) in [6, 6.07) is 0. The van der Waals surface area contributed by atoms with Gasteiger partial charge < -0.3 is 4.74 Å². The summed E-state index contributed by atoms with van der Waals surface area (Å²) < 4.78 is 5.19. The zero-order valence-electron chi connectivity index (χ0n) is 7.42. The van der Waals surface area contributed by atoms with Crippen molar-refractivity contribution in [3.8, 4) is 0 Å². The van der Waals surface area contributed by atoms with Crippen molar-refractivity contribution in [2.24, 2.45) is 0 Å². The largest absolute Gasteiger partial charge is 0.380 e. The van der Waals surface area contributed by atoms with Crippen LogP contribution in [0.4, 0.5) is 0 Å². The van der Waals surface area contributed by atoms with Crippen LogP contribution in [0.3, 0.4) is 0 Å². The summed E-state index contributed by atoms with van der Waals surface area (Å²) in [6.07, 6.45) is 0. The molecule has 0 aliphatic heterocycles. The van der Waals surface area contributed by atoms with Gasteiger partial charge in [0.15, 0.2) is 0 Å². The van der Waals surface area contributed by atoms with Gasteiger partial charge in [0.1, 0.15) is 0 Å². The zero-order valence-corrected chi connectivity index (χ0v) is 7.42. The Morgan fingerprint density at radius 3 is 2.20 bits per heavy atom. The van der Waals surface area contributed by atoms with Crippen LogP contribution in [0.2, 0.25) is 0 Å². The average Bonchev–Trinajstić information content (AvgIpc) is 1.88. The van der Waals surface area contributed by atoms with Crippen molar-refractivity contribution >= 4 is 0 Å². The Morgan fingerprint density at radius 1 is 1.20 bits per heavy atom. The van der Waals surface area contributed by atoms with Crippen molar-refractivity contribution < 1.29 is 4.74 Å². The molecule has 0 aromatic carbocycles. The van der Waals surface area contributed by atoms with Gasteiger partial charge in [-0.25, -0.2) is 10.0 Å². The highest BCUT2D eigenvalue weighted by atomic mass is 16.5. The predicted octanol–water partition coefficient (Wildman–Crippen LogP) is 0.431. The van der Waals surface area contributed by atoms with Crippen LogP contribution in [0, 0.1) is 0 Å². The zero-order chi connectivity index (χ0) is 7.98. The number of nitrogens with zero attached hydrogens (tertiary/aromatic N) is 2. The van der Waals surface area contributed by atoms with E-state index < -0.39 is 0 Å². The summed E-state index contributed by atoms with van der Waals surface area (Å²) in [7, 11) is 6.08. The van der Waals surface area contributed by atoms with Gasteiger partial charge >= 0.3 is 0 Å². The fourth-order valence-electron chi connectivity index (χ4n) is 0.541. The van der Waals surface area contributed by atoms with Crippen LogP contribution in [-0.2, 0) is 4.74 Å². The van der Waals surface area contributed by atoms with E-state index in [9.17, 15) is 0 Å². The van der Waals surface area contributed by atoms with Crippen LogP contribution in [-0.4, -0.2) is 50.9 Å². The summed E-state index contributed by atoms with van der Waals surface area (Å²) in [4.78, 5) is 0. The summed E-state index contributed by atoms with van der Waals surface area (Å²) >= 11 is 0. The SMILES string of the molecule is CCOCCN(C)N(C)C. The quantitative estimate of drug-likeness (QED) is 0.413. The number of rotatable bonds is 5. The molecule has 3 nitrogen and oxygen atoms in total. The van der Waals surface area contributed by atoms with E-state index in [2.05, 4.69) is 5.01 Å². The van der Waals surface area contributed by atoms with Crippen LogP contribution >= 0.6 is 0 Å². The van der Waals surface area contributed by atoms with Gasteiger partial charge in [0.2, 0.25) is 0 Å². The minimum Gasteiger partial charge on any atom is -0.380 e. The molecule has 0 N–H and O–H groups in total. The highest BCUT2D eigenvalue weighted by Crippen LogP contribution is 1.84. The molecule has 0 spiro atoms. The van der Waals surface area contributed by atoms with Crippen LogP contribution in [0.25, 0.3) is 0 Å². The Kier molecular flexibility index (Phi) is 5.58. The third kappa shape index (κ3) is 4.73. The molecule has 0 radical (unpaired) electrons. The molecule has 0 amide bonds. The molecule has 62 valence electrons. The van der Waals surface area contributed by atoms with Crippen LogP contribution in [0.1, 0.15) is 6.92 Å². The minimum absolute atomic E-state index is 0.807. The van der Waals surface area contributed by atoms with Gasteiger partial charge in [0, 0.05) is 34.3 Å². The molecular formula is C7H18N2O. The van der Waals surface area contributed by atoms with Crippen molar-refractivity contribution in [2.45, 2.75) is 6.92 Å². The molecule has 3 heteroatoms. The lowest BCUT2D eigenvalue weighted by molar-refractivity contribution is 0.0206. The molecule has 0 rings (SSSR count). The second-order valence-corrected chi connectivity index (χ2v) is 2.43. The van der Waals surface area contributed by atoms with Crippen LogP contribution in [0.5, 0.6) is 0 Å². The first-order valence-corrected chi connectivity index (χ1v) is 3.64.